The summed E-state index contributed by atoms with van der Waals surface area (Å²) < 4.78 is 41.3. The number of imide groups is 1. The fourth-order valence-electron chi connectivity index (χ4n) is 5.45. The van der Waals surface area contributed by atoms with Gasteiger partial charge in [-0.05, 0) is 29.3 Å². The van der Waals surface area contributed by atoms with Gasteiger partial charge in [0.2, 0.25) is 11.8 Å². The molecule has 2 saturated heterocycles. The van der Waals surface area contributed by atoms with Gasteiger partial charge in [-0.1, -0.05) is 57.2 Å². The molecule has 34 heavy (non-hydrogen) atoms. The molecule has 0 aromatic heterocycles. The molecule has 8 heteroatoms. The summed E-state index contributed by atoms with van der Waals surface area (Å²) in [4.78, 5) is 43.4. The summed E-state index contributed by atoms with van der Waals surface area (Å²) in [7, 11) is 0. The lowest BCUT2D eigenvalue weighted by Gasteiger charge is -2.37. The quantitative estimate of drug-likeness (QED) is 0.592. The Bertz CT molecular complexity index is 1240. The topological polar surface area (TPSA) is 57.7 Å². The average molecular weight is 468 g/mol. The molecule has 2 amide bonds. The molecule has 0 saturated carbocycles. The number of para-hydroxylation sites is 1. The van der Waals surface area contributed by atoms with Crippen molar-refractivity contribution in [1.82, 2.24) is 4.90 Å². The van der Waals surface area contributed by atoms with Crippen LogP contribution in [0.4, 0.5) is 18.9 Å². The van der Waals surface area contributed by atoms with Gasteiger partial charge in [-0.15, -0.1) is 0 Å². The highest BCUT2D eigenvalue weighted by atomic mass is 19.4. The summed E-state index contributed by atoms with van der Waals surface area (Å²) in [5.74, 6) is -3.77. The van der Waals surface area contributed by atoms with E-state index in [0.29, 0.717) is 4.90 Å². The van der Waals surface area contributed by atoms with Crippen molar-refractivity contribution in [3.05, 3.63) is 71.4 Å². The summed E-state index contributed by atoms with van der Waals surface area (Å²) in [5, 5.41) is 0. The standard InChI is InChI=1S/C26H23F3N2O3/c1-25(2,3)22(32)21-19-18(20-15-9-5-4-8-14(15)12-13-30(20)21)23(33)31(24(19)34)17-11-7-6-10-16(17)26(27,28)29/h4-13,18-21H,1-3H3/t18-,19+,20-,21-/m0/s1. The van der Waals surface area contributed by atoms with Crippen molar-refractivity contribution >= 4 is 29.4 Å². The number of Topliss-reactive ketones (excluding diaryl/α,β-unsaturated/α-hetero) is 1. The van der Waals surface area contributed by atoms with Crippen LogP contribution in [0.5, 0.6) is 0 Å². The normalized spacial score (nSPS) is 25.9. The van der Waals surface area contributed by atoms with Crippen LogP contribution in [-0.4, -0.2) is 28.5 Å². The van der Waals surface area contributed by atoms with E-state index in [1.807, 2.05) is 30.3 Å². The lowest BCUT2D eigenvalue weighted by molar-refractivity contribution is -0.138. The zero-order chi connectivity index (χ0) is 24.6. The number of rotatable bonds is 2. The van der Waals surface area contributed by atoms with Crippen LogP contribution in [0.1, 0.15) is 43.5 Å². The van der Waals surface area contributed by atoms with Crippen molar-refractivity contribution in [2.75, 3.05) is 4.90 Å². The highest BCUT2D eigenvalue weighted by molar-refractivity contribution is 6.24. The van der Waals surface area contributed by atoms with Crippen molar-refractivity contribution < 1.29 is 27.6 Å². The van der Waals surface area contributed by atoms with E-state index in [4.69, 9.17) is 0 Å². The molecular weight excluding hydrogens is 445 g/mol. The number of hydrogen-bond donors (Lipinski definition) is 0. The lowest BCUT2D eigenvalue weighted by atomic mass is 9.79. The van der Waals surface area contributed by atoms with Gasteiger partial charge in [0.25, 0.3) is 0 Å². The SMILES string of the molecule is CC(C)(C)C(=O)[C@@H]1[C@@H]2C(=O)N(c3ccccc3C(F)(F)F)C(=O)[C@@H]2[C@@H]2c3ccccc3C=CN12. The molecule has 5 rings (SSSR count). The third-order valence-corrected chi connectivity index (χ3v) is 6.92. The molecule has 4 atom stereocenters. The molecule has 2 fully saturated rings. The van der Waals surface area contributed by atoms with E-state index < -0.39 is 58.6 Å². The number of halogens is 3. The number of alkyl halides is 3. The highest BCUT2D eigenvalue weighted by Gasteiger charge is 2.65. The number of ketones is 1. The van der Waals surface area contributed by atoms with Crippen molar-refractivity contribution in [2.24, 2.45) is 17.3 Å². The maximum atomic E-state index is 13.8. The molecule has 0 unspecified atom stereocenters. The van der Waals surface area contributed by atoms with E-state index in [0.717, 1.165) is 23.3 Å². The van der Waals surface area contributed by atoms with Gasteiger partial charge in [-0.25, -0.2) is 4.90 Å². The van der Waals surface area contributed by atoms with E-state index in [2.05, 4.69) is 0 Å². The Morgan fingerprint density at radius 3 is 2.18 bits per heavy atom. The first kappa shape index (κ1) is 22.4. The fourth-order valence-corrected chi connectivity index (χ4v) is 5.45. The number of amides is 2. The Morgan fingerprint density at radius 1 is 0.882 bits per heavy atom. The van der Waals surface area contributed by atoms with E-state index in [9.17, 15) is 27.6 Å². The van der Waals surface area contributed by atoms with Gasteiger partial charge < -0.3 is 4.90 Å². The van der Waals surface area contributed by atoms with Gasteiger partial charge in [-0.3, -0.25) is 14.4 Å². The zero-order valence-corrected chi connectivity index (χ0v) is 18.8. The number of carbonyl (C=O) groups is 3. The second-order valence-corrected chi connectivity index (χ2v) is 9.97. The third kappa shape index (κ3) is 3.11. The van der Waals surface area contributed by atoms with Crippen molar-refractivity contribution in [3.8, 4) is 0 Å². The van der Waals surface area contributed by atoms with Gasteiger partial charge >= 0.3 is 6.18 Å². The fraction of sp³-hybridized carbons (Fsp3) is 0.346. The van der Waals surface area contributed by atoms with Gasteiger partial charge in [0, 0.05) is 11.6 Å². The number of carbonyl (C=O) groups excluding carboxylic acids is 3. The number of fused-ring (bicyclic) bond motifs is 5. The Balaban J connectivity index is 1.69. The minimum atomic E-state index is -4.75. The number of hydrogen-bond acceptors (Lipinski definition) is 4. The molecule has 3 aliphatic rings. The van der Waals surface area contributed by atoms with Crippen LogP contribution in [0.25, 0.3) is 6.08 Å². The Kier molecular flexibility index (Phi) is 4.80. The molecule has 0 aliphatic carbocycles. The molecule has 5 nitrogen and oxygen atoms in total. The Labute approximate surface area is 194 Å². The molecule has 2 aromatic carbocycles. The summed E-state index contributed by atoms with van der Waals surface area (Å²) in [6, 6.07) is 10.3. The maximum Gasteiger partial charge on any atom is 0.418 e. The summed E-state index contributed by atoms with van der Waals surface area (Å²) in [6.07, 6.45) is -1.18. The molecule has 0 radical (unpaired) electrons. The second kappa shape index (κ2) is 7.29. The first-order valence-electron chi connectivity index (χ1n) is 11.1. The summed E-state index contributed by atoms with van der Waals surface area (Å²) in [6.45, 7) is 5.20. The first-order chi connectivity index (χ1) is 15.9. The molecule has 2 aromatic rings. The molecule has 3 aliphatic heterocycles. The van der Waals surface area contributed by atoms with Gasteiger partial charge in [-0.2, -0.15) is 13.2 Å². The van der Waals surface area contributed by atoms with Crippen molar-refractivity contribution in [1.29, 1.82) is 0 Å². The zero-order valence-electron chi connectivity index (χ0n) is 18.8. The number of anilines is 1. The number of nitrogens with zero attached hydrogens (tertiary/aromatic N) is 2. The predicted molar refractivity (Wildman–Crippen MR) is 119 cm³/mol. The van der Waals surface area contributed by atoms with Crippen LogP contribution in [0.15, 0.2) is 54.7 Å². The average Bonchev–Trinajstić information content (AvgIpc) is 3.24. The maximum absolute atomic E-state index is 13.8. The minimum Gasteiger partial charge on any atom is -0.359 e. The van der Waals surface area contributed by atoms with Crippen LogP contribution in [0.3, 0.4) is 0 Å². The van der Waals surface area contributed by atoms with Gasteiger partial charge in [0.15, 0.2) is 5.78 Å². The molecular formula is C26H23F3N2O3. The smallest absolute Gasteiger partial charge is 0.359 e. The highest BCUT2D eigenvalue weighted by Crippen LogP contribution is 2.55. The molecule has 3 heterocycles. The largest absolute Gasteiger partial charge is 0.418 e. The first-order valence-corrected chi connectivity index (χ1v) is 11.1. The van der Waals surface area contributed by atoms with Crippen LogP contribution in [0, 0.1) is 17.3 Å². The van der Waals surface area contributed by atoms with E-state index >= 15 is 0 Å². The van der Waals surface area contributed by atoms with Gasteiger partial charge in [0.1, 0.15) is 6.04 Å². The van der Waals surface area contributed by atoms with Crippen LogP contribution in [0.2, 0.25) is 0 Å². The summed E-state index contributed by atoms with van der Waals surface area (Å²) >= 11 is 0. The lowest BCUT2D eigenvalue weighted by Crippen LogP contribution is -2.48. The Morgan fingerprint density at radius 2 is 1.50 bits per heavy atom. The monoisotopic (exact) mass is 468 g/mol. The van der Waals surface area contributed by atoms with Crippen molar-refractivity contribution in [2.45, 2.75) is 39.0 Å². The van der Waals surface area contributed by atoms with Crippen molar-refractivity contribution in [3.63, 3.8) is 0 Å². The second-order valence-electron chi connectivity index (χ2n) is 9.97. The molecule has 0 N–H and O–H groups in total. The molecule has 0 bridgehead atoms. The van der Waals surface area contributed by atoms with E-state index in [1.165, 1.54) is 12.1 Å². The Hall–Kier alpha value is -3.42. The summed E-state index contributed by atoms with van der Waals surface area (Å²) in [5.41, 5.74) is -0.754. The van der Waals surface area contributed by atoms with Crippen LogP contribution >= 0.6 is 0 Å². The van der Waals surface area contributed by atoms with Crippen LogP contribution in [-0.2, 0) is 20.6 Å². The molecule has 176 valence electrons. The number of benzene rings is 2. The van der Waals surface area contributed by atoms with Gasteiger partial charge in [0.05, 0.1) is 29.1 Å². The third-order valence-electron chi connectivity index (χ3n) is 6.92. The van der Waals surface area contributed by atoms with E-state index in [-0.39, 0.29) is 5.78 Å². The predicted octanol–water partition coefficient (Wildman–Crippen LogP) is 4.84. The van der Waals surface area contributed by atoms with E-state index in [1.54, 1.807) is 31.9 Å². The van der Waals surface area contributed by atoms with Crippen LogP contribution < -0.4 is 4.90 Å². The molecule has 0 spiro atoms. The minimum absolute atomic E-state index is 0.235.